The zero-order valence-corrected chi connectivity index (χ0v) is 13.7. The summed E-state index contributed by atoms with van der Waals surface area (Å²) in [6.07, 6.45) is 0.388. The normalized spacial score (nSPS) is 10.4. The Morgan fingerprint density at radius 3 is 2.67 bits per heavy atom. The van der Waals surface area contributed by atoms with E-state index in [1.165, 1.54) is 0 Å². The SMILES string of the molecule is COc1cccc(Nc2nnc(Cc3ccc(Cl)cc3)c(=O)[nH]2)c1. The molecule has 0 aliphatic rings. The zero-order valence-electron chi connectivity index (χ0n) is 12.9. The number of anilines is 2. The van der Waals surface area contributed by atoms with Crippen LogP contribution in [0.4, 0.5) is 11.6 Å². The van der Waals surface area contributed by atoms with Gasteiger partial charge in [0.25, 0.3) is 5.56 Å². The van der Waals surface area contributed by atoms with E-state index in [4.69, 9.17) is 16.3 Å². The van der Waals surface area contributed by atoms with Gasteiger partial charge in [0.1, 0.15) is 11.4 Å². The maximum Gasteiger partial charge on any atom is 0.274 e. The quantitative estimate of drug-likeness (QED) is 0.744. The molecular weight excluding hydrogens is 328 g/mol. The maximum atomic E-state index is 12.2. The number of halogens is 1. The van der Waals surface area contributed by atoms with Crippen molar-refractivity contribution in [3.63, 3.8) is 0 Å². The number of aromatic amines is 1. The Balaban J connectivity index is 1.76. The molecule has 0 amide bonds. The van der Waals surface area contributed by atoms with Crippen LogP contribution < -0.4 is 15.6 Å². The number of benzene rings is 2. The largest absolute Gasteiger partial charge is 0.497 e. The molecule has 0 aliphatic carbocycles. The second-order valence-electron chi connectivity index (χ2n) is 5.11. The van der Waals surface area contributed by atoms with Crippen molar-refractivity contribution in [3.05, 3.63) is 75.2 Å². The van der Waals surface area contributed by atoms with Gasteiger partial charge >= 0.3 is 0 Å². The third-order valence-corrected chi connectivity index (χ3v) is 3.63. The molecule has 1 heterocycles. The van der Waals surface area contributed by atoms with Crippen molar-refractivity contribution in [2.75, 3.05) is 12.4 Å². The highest BCUT2D eigenvalue weighted by Crippen LogP contribution is 2.18. The van der Waals surface area contributed by atoms with Crippen LogP contribution in [0.3, 0.4) is 0 Å². The highest BCUT2D eigenvalue weighted by Gasteiger charge is 2.07. The van der Waals surface area contributed by atoms with Gasteiger partial charge in [-0.15, -0.1) is 10.2 Å². The lowest BCUT2D eigenvalue weighted by Gasteiger charge is -2.07. The molecule has 2 N–H and O–H groups in total. The number of methoxy groups -OCH3 is 1. The molecule has 3 rings (SSSR count). The average molecular weight is 343 g/mol. The Labute approximate surface area is 143 Å². The summed E-state index contributed by atoms with van der Waals surface area (Å²) >= 11 is 5.85. The molecule has 0 radical (unpaired) electrons. The zero-order chi connectivity index (χ0) is 16.9. The minimum absolute atomic E-state index is 0.271. The third kappa shape index (κ3) is 3.91. The fraction of sp³-hybridized carbons (Fsp3) is 0.118. The number of nitrogens with zero attached hydrogens (tertiary/aromatic N) is 2. The van der Waals surface area contributed by atoms with Crippen LogP contribution >= 0.6 is 11.6 Å². The van der Waals surface area contributed by atoms with Gasteiger partial charge in [-0.3, -0.25) is 9.78 Å². The van der Waals surface area contributed by atoms with E-state index in [9.17, 15) is 4.79 Å². The molecule has 7 heteroatoms. The van der Waals surface area contributed by atoms with E-state index in [0.717, 1.165) is 11.3 Å². The number of ether oxygens (including phenoxy) is 1. The summed E-state index contributed by atoms with van der Waals surface area (Å²) in [5.74, 6) is 0.975. The fourth-order valence-corrected chi connectivity index (χ4v) is 2.29. The first-order chi connectivity index (χ1) is 11.6. The van der Waals surface area contributed by atoms with Gasteiger partial charge in [-0.25, -0.2) is 0 Å². The molecule has 0 spiro atoms. The molecule has 0 bridgehead atoms. The molecule has 0 saturated heterocycles. The predicted octanol–water partition coefficient (Wildman–Crippen LogP) is 3.16. The van der Waals surface area contributed by atoms with Crippen LogP contribution in [-0.2, 0) is 6.42 Å². The number of hydrogen-bond acceptors (Lipinski definition) is 5. The molecule has 24 heavy (non-hydrogen) atoms. The lowest BCUT2D eigenvalue weighted by atomic mass is 10.1. The first kappa shape index (κ1) is 16.0. The van der Waals surface area contributed by atoms with Crippen LogP contribution in [0, 0.1) is 0 Å². The van der Waals surface area contributed by atoms with Crippen LogP contribution in [0.1, 0.15) is 11.3 Å². The summed E-state index contributed by atoms with van der Waals surface area (Å²) in [5, 5.41) is 11.7. The Morgan fingerprint density at radius 2 is 1.96 bits per heavy atom. The monoisotopic (exact) mass is 342 g/mol. The number of aromatic nitrogens is 3. The van der Waals surface area contributed by atoms with Crippen LogP contribution in [0.25, 0.3) is 0 Å². The van der Waals surface area contributed by atoms with E-state index in [2.05, 4.69) is 20.5 Å². The van der Waals surface area contributed by atoms with Gasteiger partial charge in [-0.05, 0) is 29.8 Å². The standard InChI is InChI=1S/C17H15ClN4O2/c1-24-14-4-2-3-13(10-14)19-17-20-16(23)15(21-22-17)9-11-5-7-12(18)8-6-11/h2-8,10H,9H2,1H3,(H2,19,20,22,23). The minimum Gasteiger partial charge on any atom is -0.497 e. The first-order valence-electron chi connectivity index (χ1n) is 7.25. The Kier molecular flexibility index (Phi) is 4.77. The van der Waals surface area contributed by atoms with Crippen LogP contribution in [-0.4, -0.2) is 22.3 Å². The van der Waals surface area contributed by atoms with Crippen molar-refractivity contribution in [2.45, 2.75) is 6.42 Å². The van der Waals surface area contributed by atoms with Crippen molar-refractivity contribution < 1.29 is 4.74 Å². The summed E-state index contributed by atoms with van der Waals surface area (Å²) in [6, 6.07) is 14.5. The predicted molar refractivity (Wildman–Crippen MR) is 93.2 cm³/mol. The molecule has 3 aromatic rings. The van der Waals surface area contributed by atoms with Gasteiger partial charge in [0.05, 0.1) is 7.11 Å². The minimum atomic E-state index is -0.287. The summed E-state index contributed by atoms with van der Waals surface area (Å²) < 4.78 is 5.15. The molecule has 0 atom stereocenters. The second kappa shape index (κ2) is 7.14. The lowest BCUT2D eigenvalue weighted by molar-refractivity contribution is 0.415. The van der Waals surface area contributed by atoms with Crippen molar-refractivity contribution in [1.29, 1.82) is 0 Å². The summed E-state index contributed by atoms with van der Waals surface area (Å²) in [7, 11) is 1.59. The van der Waals surface area contributed by atoms with Gasteiger partial charge in [-0.2, -0.15) is 0 Å². The van der Waals surface area contributed by atoms with E-state index in [-0.39, 0.29) is 11.5 Å². The van der Waals surface area contributed by atoms with Gasteiger partial charge < -0.3 is 10.1 Å². The summed E-state index contributed by atoms with van der Waals surface area (Å²) in [4.78, 5) is 14.9. The van der Waals surface area contributed by atoms with Crippen molar-refractivity contribution in [3.8, 4) is 5.75 Å². The molecular formula is C17H15ClN4O2. The second-order valence-corrected chi connectivity index (χ2v) is 5.55. The first-order valence-corrected chi connectivity index (χ1v) is 7.63. The van der Waals surface area contributed by atoms with E-state index < -0.39 is 0 Å². The van der Waals surface area contributed by atoms with Crippen molar-refractivity contribution >= 4 is 23.2 Å². The topological polar surface area (TPSA) is 79.9 Å². The smallest absolute Gasteiger partial charge is 0.274 e. The molecule has 122 valence electrons. The van der Waals surface area contributed by atoms with Crippen molar-refractivity contribution in [2.24, 2.45) is 0 Å². The van der Waals surface area contributed by atoms with Gasteiger partial charge in [0.2, 0.25) is 5.95 Å². The molecule has 0 saturated carbocycles. The summed E-state index contributed by atoms with van der Waals surface area (Å²) in [6.45, 7) is 0. The highest BCUT2D eigenvalue weighted by molar-refractivity contribution is 6.30. The number of rotatable bonds is 5. The van der Waals surface area contributed by atoms with E-state index >= 15 is 0 Å². The lowest BCUT2D eigenvalue weighted by Crippen LogP contribution is -2.18. The van der Waals surface area contributed by atoms with Gasteiger partial charge in [0.15, 0.2) is 0 Å². The third-order valence-electron chi connectivity index (χ3n) is 3.38. The van der Waals surface area contributed by atoms with Crippen LogP contribution in [0.2, 0.25) is 5.02 Å². The number of hydrogen-bond donors (Lipinski definition) is 2. The molecule has 2 aromatic carbocycles. The van der Waals surface area contributed by atoms with E-state index in [1.807, 2.05) is 30.3 Å². The fourth-order valence-electron chi connectivity index (χ4n) is 2.17. The van der Waals surface area contributed by atoms with E-state index in [0.29, 0.717) is 22.9 Å². The molecule has 0 unspecified atom stereocenters. The Morgan fingerprint density at radius 1 is 1.17 bits per heavy atom. The number of H-pyrrole nitrogens is 1. The van der Waals surface area contributed by atoms with Crippen LogP contribution in [0.5, 0.6) is 5.75 Å². The number of nitrogens with one attached hydrogen (secondary N) is 2. The molecule has 0 fully saturated rings. The molecule has 1 aromatic heterocycles. The Bertz CT molecular complexity index is 894. The van der Waals surface area contributed by atoms with Gasteiger partial charge in [-0.1, -0.05) is 29.8 Å². The maximum absolute atomic E-state index is 12.2. The van der Waals surface area contributed by atoms with E-state index in [1.54, 1.807) is 25.3 Å². The van der Waals surface area contributed by atoms with Crippen LogP contribution in [0.15, 0.2) is 53.3 Å². The van der Waals surface area contributed by atoms with Gasteiger partial charge in [0, 0.05) is 23.2 Å². The summed E-state index contributed by atoms with van der Waals surface area (Å²) in [5.41, 5.74) is 1.73. The molecule has 0 aliphatic heterocycles. The Hall–Kier alpha value is -2.86. The average Bonchev–Trinajstić information content (AvgIpc) is 2.59. The van der Waals surface area contributed by atoms with Crippen molar-refractivity contribution in [1.82, 2.24) is 15.2 Å². The molecule has 6 nitrogen and oxygen atoms in total. The highest BCUT2D eigenvalue weighted by atomic mass is 35.5.